The van der Waals surface area contributed by atoms with Crippen LogP contribution in [0.1, 0.15) is 130 Å². The van der Waals surface area contributed by atoms with Crippen molar-refractivity contribution in [3.05, 3.63) is 0 Å². The van der Waals surface area contributed by atoms with Crippen LogP contribution in [0.25, 0.3) is 0 Å². The molecule has 0 radical (unpaired) electrons. The normalized spacial score (nSPS) is 13.9. The van der Waals surface area contributed by atoms with E-state index in [1.54, 1.807) is 0 Å². The smallest absolute Gasteiger partial charge is 0.0561 e. The molecule has 2 heteroatoms. The third-order valence-electron chi connectivity index (χ3n) is 5.26. The van der Waals surface area contributed by atoms with Gasteiger partial charge in [0.25, 0.3) is 0 Å². The van der Waals surface area contributed by atoms with Gasteiger partial charge in [0.15, 0.2) is 0 Å². The van der Waals surface area contributed by atoms with Crippen LogP contribution in [-0.4, -0.2) is 18.8 Å². The largest absolute Gasteiger partial charge is 0.379 e. The molecule has 0 saturated heterocycles. The van der Waals surface area contributed by atoms with Gasteiger partial charge in [0.05, 0.1) is 6.10 Å². The Bertz CT molecular complexity index is 244. The van der Waals surface area contributed by atoms with Gasteiger partial charge in [0.1, 0.15) is 0 Å². The minimum absolute atomic E-state index is 0.316. The van der Waals surface area contributed by atoms with Gasteiger partial charge in [-0.25, -0.2) is 0 Å². The van der Waals surface area contributed by atoms with Crippen LogP contribution in [0.4, 0.5) is 0 Å². The van der Waals surface area contributed by atoms with Crippen LogP contribution in [-0.2, 0) is 4.74 Å². The quantitative estimate of drug-likeness (QED) is 0.231. The van der Waals surface area contributed by atoms with E-state index in [2.05, 4.69) is 20.8 Å². The fraction of sp³-hybridized carbons (Fsp3) is 1.00. The lowest BCUT2D eigenvalue weighted by Crippen LogP contribution is -2.26. The van der Waals surface area contributed by atoms with Crippen LogP contribution in [0, 0.1) is 0 Å². The van der Waals surface area contributed by atoms with E-state index in [-0.39, 0.29) is 0 Å². The molecule has 0 aliphatic heterocycles. The Balaban J connectivity index is 3.14. The van der Waals surface area contributed by atoms with Gasteiger partial charge in [-0.15, -0.1) is 0 Å². The molecule has 0 aromatic carbocycles. The minimum Gasteiger partial charge on any atom is -0.379 e. The standard InChI is InChI=1S/C23H49NO/c1-4-6-7-8-9-10-11-12-13-14-15-16-17-18-19-20-23(24)21-22(3)25-5-2/h22-23H,4-21,24H2,1-3H3. The molecule has 0 spiro atoms. The van der Waals surface area contributed by atoms with Crippen molar-refractivity contribution in [3.63, 3.8) is 0 Å². The highest BCUT2D eigenvalue weighted by Crippen LogP contribution is 2.14. The Morgan fingerprint density at radius 1 is 0.640 bits per heavy atom. The maximum Gasteiger partial charge on any atom is 0.0561 e. The number of rotatable bonds is 20. The highest BCUT2D eigenvalue weighted by atomic mass is 16.5. The zero-order chi connectivity index (χ0) is 18.6. The third kappa shape index (κ3) is 20.1. The van der Waals surface area contributed by atoms with Gasteiger partial charge in [0, 0.05) is 12.6 Å². The predicted octanol–water partition coefficient (Wildman–Crippen LogP) is 7.39. The molecule has 2 unspecified atom stereocenters. The zero-order valence-corrected chi connectivity index (χ0v) is 17.9. The average molecular weight is 356 g/mol. The van der Waals surface area contributed by atoms with Crippen molar-refractivity contribution in [1.82, 2.24) is 0 Å². The predicted molar refractivity (Wildman–Crippen MR) is 113 cm³/mol. The van der Waals surface area contributed by atoms with Crippen LogP contribution < -0.4 is 5.73 Å². The summed E-state index contributed by atoms with van der Waals surface area (Å²) in [5.74, 6) is 0. The lowest BCUT2D eigenvalue weighted by molar-refractivity contribution is 0.0646. The summed E-state index contributed by atoms with van der Waals surface area (Å²) in [6, 6.07) is 0.323. The maximum absolute atomic E-state index is 6.18. The molecule has 0 fully saturated rings. The first-order valence-corrected chi connectivity index (χ1v) is 11.6. The second kappa shape index (κ2) is 20.2. The van der Waals surface area contributed by atoms with Crippen molar-refractivity contribution in [2.45, 2.75) is 142 Å². The van der Waals surface area contributed by atoms with Crippen LogP contribution >= 0.6 is 0 Å². The lowest BCUT2D eigenvalue weighted by Gasteiger charge is -2.17. The Morgan fingerprint density at radius 2 is 1.04 bits per heavy atom. The van der Waals surface area contributed by atoms with E-state index in [0.29, 0.717) is 12.1 Å². The molecule has 2 N–H and O–H groups in total. The molecular formula is C23H49NO. The van der Waals surface area contributed by atoms with E-state index < -0.39 is 0 Å². The van der Waals surface area contributed by atoms with E-state index >= 15 is 0 Å². The van der Waals surface area contributed by atoms with Crippen LogP contribution in [0.2, 0.25) is 0 Å². The minimum atomic E-state index is 0.316. The van der Waals surface area contributed by atoms with Crippen molar-refractivity contribution >= 4 is 0 Å². The summed E-state index contributed by atoms with van der Waals surface area (Å²) in [7, 11) is 0. The molecule has 0 saturated carbocycles. The summed E-state index contributed by atoms with van der Waals surface area (Å²) in [5, 5.41) is 0. The van der Waals surface area contributed by atoms with Crippen molar-refractivity contribution in [2.75, 3.05) is 6.61 Å². The van der Waals surface area contributed by atoms with E-state index in [1.165, 1.54) is 96.3 Å². The molecule has 0 aromatic heterocycles. The molecule has 2 atom stereocenters. The van der Waals surface area contributed by atoms with Crippen LogP contribution in [0.15, 0.2) is 0 Å². The lowest BCUT2D eigenvalue weighted by atomic mass is 10.0. The Labute approximate surface area is 159 Å². The number of unbranched alkanes of at least 4 members (excludes halogenated alkanes) is 14. The van der Waals surface area contributed by atoms with Gasteiger partial charge in [-0.2, -0.15) is 0 Å². The fourth-order valence-corrected chi connectivity index (χ4v) is 3.67. The van der Waals surface area contributed by atoms with Gasteiger partial charge >= 0.3 is 0 Å². The fourth-order valence-electron chi connectivity index (χ4n) is 3.67. The maximum atomic E-state index is 6.18. The Morgan fingerprint density at radius 3 is 1.44 bits per heavy atom. The molecule has 0 aliphatic carbocycles. The summed E-state index contributed by atoms with van der Waals surface area (Å²) in [5.41, 5.74) is 6.18. The SMILES string of the molecule is CCCCCCCCCCCCCCCCCC(N)CC(C)OCC. The summed E-state index contributed by atoms with van der Waals surface area (Å²) in [4.78, 5) is 0. The molecule has 0 rings (SSSR count). The number of hydrogen-bond donors (Lipinski definition) is 1. The molecule has 0 amide bonds. The van der Waals surface area contributed by atoms with E-state index in [1.807, 2.05) is 0 Å². The highest BCUT2D eigenvalue weighted by Gasteiger charge is 2.08. The summed E-state index contributed by atoms with van der Waals surface area (Å²) < 4.78 is 5.56. The molecular weight excluding hydrogens is 306 g/mol. The molecule has 0 heterocycles. The molecule has 0 bridgehead atoms. The van der Waals surface area contributed by atoms with Gasteiger partial charge < -0.3 is 10.5 Å². The summed E-state index contributed by atoms with van der Waals surface area (Å²) in [6.45, 7) is 7.28. The van der Waals surface area contributed by atoms with Crippen molar-refractivity contribution in [2.24, 2.45) is 5.73 Å². The van der Waals surface area contributed by atoms with E-state index in [4.69, 9.17) is 10.5 Å². The second-order valence-electron chi connectivity index (χ2n) is 8.00. The average Bonchev–Trinajstić information content (AvgIpc) is 2.58. The molecule has 25 heavy (non-hydrogen) atoms. The number of ether oxygens (including phenoxy) is 1. The third-order valence-corrected chi connectivity index (χ3v) is 5.26. The van der Waals surface area contributed by atoms with Gasteiger partial charge in [-0.3, -0.25) is 0 Å². The summed E-state index contributed by atoms with van der Waals surface area (Å²) in [6.07, 6.45) is 23.8. The second-order valence-corrected chi connectivity index (χ2v) is 8.00. The first-order valence-electron chi connectivity index (χ1n) is 11.6. The zero-order valence-electron chi connectivity index (χ0n) is 17.9. The topological polar surface area (TPSA) is 35.2 Å². The first kappa shape index (κ1) is 24.9. The number of hydrogen-bond acceptors (Lipinski definition) is 2. The monoisotopic (exact) mass is 355 g/mol. The Kier molecular flexibility index (Phi) is 20.2. The molecule has 0 aliphatic rings. The van der Waals surface area contributed by atoms with Crippen LogP contribution in [0.3, 0.4) is 0 Å². The number of nitrogens with two attached hydrogens (primary N) is 1. The molecule has 152 valence electrons. The first-order chi connectivity index (χ1) is 12.2. The van der Waals surface area contributed by atoms with Gasteiger partial charge in [0.2, 0.25) is 0 Å². The van der Waals surface area contributed by atoms with Crippen molar-refractivity contribution in [1.29, 1.82) is 0 Å². The van der Waals surface area contributed by atoms with Crippen molar-refractivity contribution in [3.8, 4) is 0 Å². The van der Waals surface area contributed by atoms with E-state index in [9.17, 15) is 0 Å². The van der Waals surface area contributed by atoms with Crippen LogP contribution in [0.5, 0.6) is 0 Å². The Hall–Kier alpha value is -0.0800. The van der Waals surface area contributed by atoms with Gasteiger partial charge in [-0.05, 0) is 26.7 Å². The van der Waals surface area contributed by atoms with E-state index in [0.717, 1.165) is 19.4 Å². The highest BCUT2D eigenvalue weighted by molar-refractivity contribution is 4.65. The summed E-state index contributed by atoms with van der Waals surface area (Å²) >= 11 is 0. The van der Waals surface area contributed by atoms with Crippen molar-refractivity contribution < 1.29 is 4.74 Å². The molecule has 0 aromatic rings. The molecule has 2 nitrogen and oxygen atoms in total. The van der Waals surface area contributed by atoms with Gasteiger partial charge in [-0.1, -0.05) is 103 Å².